The molecule has 1 N–H and O–H groups in total. The summed E-state index contributed by atoms with van der Waals surface area (Å²) >= 11 is 0. The number of carbonyl (C=O) groups excluding carboxylic acids is 2. The van der Waals surface area contributed by atoms with Crippen molar-refractivity contribution in [1.29, 1.82) is 0 Å². The number of piperidine rings is 1. The van der Waals surface area contributed by atoms with Crippen molar-refractivity contribution in [1.82, 2.24) is 19.8 Å². The van der Waals surface area contributed by atoms with Crippen LogP contribution in [0.5, 0.6) is 0 Å². The van der Waals surface area contributed by atoms with Crippen LogP contribution < -0.4 is 0 Å². The fourth-order valence-electron chi connectivity index (χ4n) is 5.14. The van der Waals surface area contributed by atoms with E-state index in [1.165, 1.54) is 11.1 Å². The average Bonchev–Trinajstić information content (AvgIpc) is 3.25. The first-order valence-electron chi connectivity index (χ1n) is 10.6. The minimum absolute atomic E-state index is 0.0366. The predicted octanol–water partition coefficient (Wildman–Crippen LogP) is 3.60. The van der Waals surface area contributed by atoms with E-state index in [2.05, 4.69) is 27.0 Å². The van der Waals surface area contributed by atoms with Crippen LogP contribution in [0, 0.1) is 0 Å². The van der Waals surface area contributed by atoms with Crippen molar-refractivity contribution >= 4 is 22.8 Å². The van der Waals surface area contributed by atoms with Crippen LogP contribution in [-0.4, -0.2) is 58.3 Å². The molecule has 0 bridgehead atoms. The predicted molar refractivity (Wildman–Crippen MR) is 116 cm³/mol. The molecule has 2 atom stereocenters. The van der Waals surface area contributed by atoms with E-state index >= 15 is 0 Å². The van der Waals surface area contributed by atoms with Crippen molar-refractivity contribution in [2.24, 2.45) is 0 Å². The van der Waals surface area contributed by atoms with Gasteiger partial charge in [0.05, 0.1) is 17.4 Å². The number of likely N-dealkylation sites (tertiary alicyclic amines) is 1. The van der Waals surface area contributed by atoms with Gasteiger partial charge in [-0.1, -0.05) is 6.07 Å². The highest BCUT2D eigenvalue weighted by Gasteiger charge is 2.38. The van der Waals surface area contributed by atoms with Crippen LogP contribution in [0.4, 0.5) is 0 Å². The van der Waals surface area contributed by atoms with E-state index in [1.54, 1.807) is 25.3 Å². The molecule has 2 heterocycles. The van der Waals surface area contributed by atoms with Crippen LogP contribution >= 0.6 is 0 Å². The zero-order chi connectivity index (χ0) is 20.8. The van der Waals surface area contributed by atoms with Gasteiger partial charge in [0.15, 0.2) is 0 Å². The van der Waals surface area contributed by atoms with E-state index in [4.69, 9.17) is 0 Å². The molecular formula is C24H26N4O2. The Labute approximate surface area is 175 Å². The Morgan fingerprint density at radius 1 is 1.10 bits per heavy atom. The Balaban J connectivity index is 1.43. The SMILES string of the molecule is CN(C)C(=O)c1ccc2c(c1)CCC1[C@@H]2CCCN1C(=O)c1ccc2nc[nH]c2c1. The van der Waals surface area contributed by atoms with Gasteiger partial charge in [0, 0.05) is 43.7 Å². The van der Waals surface area contributed by atoms with Gasteiger partial charge in [-0.05, 0) is 67.1 Å². The number of aromatic nitrogens is 2. The summed E-state index contributed by atoms with van der Waals surface area (Å²) in [6, 6.07) is 12.0. The molecule has 154 valence electrons. The van der Waals surface area contributed by atoms with Crippen LogP contribution in [0.25, 0.3) is 11.0 Å². The Morgan fingerprint density at radius 2 is 1.93 bits per heavy atom. The molecule has 6 nitrogen and oxygen atoms in total. The first-order chi connectivity index (χ1) is 14.5. The van der Waals surface area contributed by atoms with Crippen molar-refractivity contribution in [3.63, 3.8) is 0 Å². The van der Waals surface area contributed by atoms with Gasteiger partial charge in [0.2, 0.25) is 0 Å². The quantitative estimate of drug-likeness (QED) is 0.712. The first kappa shape index (κ1) is 18.9. The molecule has 1 saturated heterocycles. The third-order valence-electron chi connectivity index (χ3n) is 6.61. The molecular weight excluding hydrogens is 376 g/mol. The molecule has 0 saturated carbocycles. The van der Waals surface area contributed by atoms with Crippen molar-refractivity contribution < 1.29 is 9.59 Å². The molecule has 6 heteroatoms. The van der Waals surface area contributed by atoms with E-state index in [9.17, 15) is 9.59 Å². The maximum atomic E-state index is 13.4. The smallest absolute Gasteiger partial charge is 0.254 e. The van der Waals surface area contributed by atoms with Crippen LogP contribution in [0.2, 0.25) is 0 Å². The summed E-state index contributed by atoms with van der Waals surface area (Å²) in [6.07, 6.45) is 5.58. The third kappa shape index (κ3) is 3.07. The van der Waals surface area contributed by atoms with Crippen molar-refractivity contribution in [3.05, 3.63) is 65.0 Å². The van der Waals surface area contributed by atoms with Gasteiger partial charge in [-0.25, -0.2) is 4.98 Å². The monoisotopic (exact) mass is 402 g/mol. The van der Waals surface area contributed by atoms with Crippen LogP contribution in [0.15, 0.2) is 42.7 Å². The van der Waals surface area contributed by atoms with Gasteiger partial charge in [0.1, 0.15) is 0 Å². The fourth-order valence-corrected chi connectivity index (χ4v) is 5.14. The topological polar surface area (TPSA) is 69.3 Å². The summed E-state index contributed by atoms with van der Waals surface area (Å²) in [5.74, 6) is 0.476. The molecule has 1 aromatic heterocycles. The number of nitrogens with one attached hydrogen (secondary N) is 1. The second-order valence-electron chi connectivity index (χ2n) is 8.60. The number of fused-ring (bicyclic) bond motifs is 4. The van der Waals surface area contributed by atoms with E-state index in [-0.39, 0.29) is 17.9 Å². The molecule has 0 radical (unpaired) electrons. The molecule has 2 amide bonds. The molecule has 30 heavy (non-hydrogen) atoms. The van der Waals surface area contributed by atoms with Gasteiger partial charge in [-0.2, -0.15) is 0 Å². The number of imidazole rings is 1. The highest BCUT2D eigenvalue weighted by Crippen LogP contribution is 2.41. The molecule has 1 unspecified atom stereocenters. The second kappa shape index (κ2) is 7.27. The number of aryl methyl sites for hydroxylation is 1. The normalized spacial score (nSPS) is 20.5. The summed E-state index contributed by atoms with van der Waals surface area (Å²) < 4.78 is 0. The van der Waals surface area contributed by atoms with Gasteiger partial charge >= 0.3 is 0 Å². The summed E-state index contributed by atoms with van der Waals surface area (Å²) in [5.41, 5.74) is 5.79. The Kier molecular flexibility index (Phi) is 4.57. The lowest BCUT2D eigenvalue weighted by Gasteiger charge is -2.45. The lowest BCUT2D eigenvalue weighted by Crippen LogP contribution is -2.49. The molecule has 3 aromatic rings. The summed E-state index contributed by atoms with van der Waals surface area (Å²) in [7, 11) is 3.56. The number of rotatable bonds is 2. The van der Waals surface area contributed by atoms with Crippen molar-refractivity contribution in [3.8, 4) is 0 Å². The zero-order valence-electron chi connectivity index (χ0n) is 17.4. The maximum absolute atomic E-state index is 13.4. The van der Waals surface area contributed by atoms with Gasteiger partial charge < -0.3 is 14.8 Å². The number of aromatic amines is 1. The van der Waals surface area contributed by atoms with E-state index in [1.807, 2.05) is 24.3 Å². The summed E-state index contributed by atoms with van der Waals surface area (Å²) in [5, 5.41) is 0. The van der Waals surface area contributed by atoms with Crippen molar-refractivity contribution in [2.45, 2.75) is 37.6 Å². The molecule has 5 rings (SSSR count). The number of amides is 2. The number of hydrogen-bond donors (Lipinski definition) is 1. The van der Waals surface area contributed by atoms with Gasteiger partial charge in [0.25, 0.3) is 11.8 Å². The lowest BCUT2D eigenvalue weighted by molar-refractivity contribution is 0.0547. The minimum atomic E-state index is 0.0366. The number of nitrogens with zero attached hydrogens (tertiary/aromatic N) is 3. The Bertz CT molecular complexity index is 1130. The molecule has 2 aliphatic rings. The van der Waals surface area contributed by atoms with E-state index in [0.717, 1.165) is 48.8 Å². The minimum Gasteiger partial charge on any atom is -0.345 e. The van der Waals surface area contributed by atoms with Gasteiger partial charge in [-0.3, -0.25) is 9.59 Å². The number of hydrogen-bond acceptors (Lipinski definition) is 3. The molecule has 1 fully saturated rings. The number of benzene rings is 2. The lowest BCUT2D eigenvalue weighted by atomic mass is 9.73. The highest BCUT2D eigenvalue weighted by atomic mass is 16.2. The van der Waals surface area contributed by atoms with Crippen LogP contribution in [0.1, 0.15) is 57.0 Å². The zero-order valence-corrected chi connectivity index (χ0v) is 17.4. The van der Waals surface area contributed by atoms with Gasteiger partial charge in [-0.15, -0.1) is 0 Å². The number of carbonyl (C=O) groups is 2. The molecule has 0 spiro atoms. The maximum Gasteiger partial charge on any atom is 0.254 e. The van der Waals surface area contributed by atoms with Crippen LogP contribution in [-0.2, 0) is 6.42 Å². The van der Waals surface area contributed by atoms with Crippen molar-refractivity contribution in [2.75, 3.05) is 20.6 Å². The average molecular weight is 402 g/mol. The van der Waals surface area contributed by atoms with E-state index < -0.39 is 0 Å². The van der Waals surface area contributed by atoms with Crippen LogP contribution in [0.3, 0.4) is 0 Å². The fraction of sp³-hybridized carbons (Fsp3) is 0.375. The molecule has 1 aliphatic heterocycles. The Hall–Kier alpha value is -3.15. The summed E-state index contributed by atoms with van der Waals surface area (Å²) in [4.78, 5) is 36.8. The largest absolute Gasteiger partial charge is 0.345 e. The highest BCUT2D eigenvalue weighted by molar-refractivity contribution is 5.97. The molecule has 1 aliphatic carbocycles. The molecule has 2 aromatic carbocycles. The first-order valence-corrected chi connectivity index (χ1v) is 10.6. The standard InChI is InChI=1S/C24H26N4O2/c1-27(2)23(29)16-5-8-18-15(12-16)7-10-22-19(18)4-3-11-28(22)24(30)17-6-9-20-21(13-17)26-14-25-20/h5-6,8-9,12-14,19,22H,3-4,7,10-11H2,1-2H3,(H,25,26)/t19-,22?/m1/s1. The van der Waals surface area contributed by atoms with E-state index in [0.29, 0.717) is 11.5 Å². The summed E-state index contributed by atoms with van der Waals surface area (Å²) in [6.45, 7) is 0.799. The Morgan fingerprint density at radius 3 is 2.77 bits per heavy atom. The second-order valence-corrected chi connectivity index (χ2v) is 8.60. The number of H-pyrrole nitrogens is 1. The third-order valence-corrected chi connectivity index (χ3v) is 6.61.